The van der Waals surface area contributed by atoms with Crippen LogP contribution in [0.4, 0.5) is 0 Å². The van der Waals surface area contributed by atoms with Gasteiger partial charge in [0.25, 0.3) is 0 Å². The molecule has 6 nitrogen and oxygen atoms in total. The van der Waals surface area contributed by atoms with Crippen LogP contribution in [0.2, 0.25) is 0 Å². The van der Waals surface area contributed by atoms with E-state index in [1.54, 1.807) is 6.20 Å². The number of aryl methyl sites for hydroxylation is 2. The molecule has 0 unspecified atom stereocenters. The summed E-state index contributed by atoms with van der Waals surface area (Å²) < 4.78 is 7.02. The summed E-state index contributed by atoms with van der Waals surface area (Å²) in [7, 11) is 1.89. The van der Waals surface area contributed by atoms with Gasteiger partial charge >= 0.3 is 0 Å². The van der Waals surface area contributed by atoms with E-state index in [0.717, 1.165) is 6.42 Å². The lowest BCUT2D eigenvalue weighted by molar-refractivity contribution is 0.358. The highest BCUT2D eigenvalue weighted by Gasteiger charge is 2.16. The largest absolute Gasteiger partial charge is 0.339 e. The molecule has 0 fully saturated rings. The Morgan fingerprint density at radius 2 is 2.24 bits per heavy atom. The number of imidazole rings is 1. The van der Waals surface area contributed by atoms with Gasteiger partial charge in [-0.25, -0.2) is 4.98 Å². The molecule has 6 heteroatoms. The number of nitrogens with two attached hydrogens (primary N) is 1. The SMILES string of the molecule is Cn1ccnc1-c1noc(CCC(C)(C)N)n1. The predicted molar refractivity (Wildman–Crippen MR) is 63.1 cm³/mol. The van der Waals surface area contributed by atoms with E-state index >= 15 is 0 Å². The van der Waals surface area contributed by atoms with Gasteiger partial charge in [0.2, 0.25) is 11.7 Å². The highest BCUT2D eigenvalue weighted by atomic mass is 16.5. The predicted octanol–water partition coefficient (Wildman–Crippen LogP) is 1.14. The lowest BCUT2D eigenvalue weighted by atomic mass is 10.0. The molecular formula is C11H17N5O. The molecule has 0 radical (unpaired) electrons. The first-order valence-corrected chi connectivity index (χ1v) is 5.55. The zero-order chi connectivity index (χ0) is 12.5. The number of hydrogen-bond acceptors (Lipinski definition) is 5. The van der Waals surface area contributed by atoms with Crippen molar-refractivity contribution < 1.29 is 4.52 Å². The average molecular weight is 235 g/mol. The smallest absolute Gasteiger partial charge is 0.238 e. The summed E-state index contributed by atoms with van der Waals surface area (Å²) in [5.74, 6) is 1.82. The maximum atomic E-state index is 5.90. The Morgan fingerprint density at radius 1 is 1.47 bits per heavy atom. The minimum absolute atomic E-state index is 0.224. The van der Waals surface area contributed by atoms with Gasteiger partial charge in [-0.05, 0) is 20.3 Å². The van der Waals surface area contributed by atoms with E-state index in [1.807, 2.05) is 31.7 Å². The first kappa shape index (κ1) is 11.8. The molecule has 0 atom stereocenters. The molecule has 17 heavy (non-hydrogen) atoms. The molecule has 0 spiro atoms. The Balaban J connectivity index is 2.09. The van der Waals surface area contributed by atoms with Crippen molar-refractivity contribution in [2.75, 3.05) is 0 Å². The average Bonchev–Trinajstić information content (AvgIpc) is 2.81. The van der Waals surface area contributed by atoms with E-state index in [2.05, 4.69) is 15.1 Å². The molecule has 92 valence electrons. The molecule has 0 aliphatic heterocycles. The summed E-state index contributed by atoms with van der Waals surface area (Å²) in [6.07, 6.45) is 5.03. The Kier molecular flexibility index (Phi) is 2.97. The molecule has 0 aliphatic carbocycles. The van der Waals surface area contributed by atoms with Gasteiger partial charge < -0.3 is 14.8 Å². The van der Waals surface area contributed by atoms with Gasteiger partial charge in [0.1, 0.15) is 0 Å². The first-order chi connectivity index (χ1) is 7.96. The van der Waals surface area contributed by atoms with Crippen LogP contribution < -0.4 is 5.73 Å². The summed E-state index contributed by atoms with van der Waals surface area (Å²) in [6.45, 7) is 3.95. The summed E-state index contributed by atoms with van der Waals surface area (Å²) in [4.78, 5) is 8.46. The Labute approximate surface area is 99.8 Å². The standard InChI is InChI=1S/C11H17N5O/c1-11(2,12)5-4-8-14-9(15-17-8)10-13-6-7-16(10)3/h6-7H,4-5,12H2,1-3H3. The summed E-state index contributed by atoms with van der Waals surface area (Å²) in [5.41, 5.74) is 5.68. The monoisotopic (exact) mass is 235 g/mol. The molecule has 0 saturated carbocycles. The number of aromatic nitrogens is 4. The summed E-state index contributed by atoms with van der Waals surface area (Å²) in [6, 6.07) is 0. The Hall–Kier alpha value is -1.69. The van der Waals surface area contributed by atoms with Crippen molar-refractivity contribution in [1.82, 2.24) is 19.7 Å². The zero-order valence-corrected chi connectivity index (χ0v) is 10.3. The van der Waals surface area contributed by atoms with Crippen LogP contribution in [0, 0.1) is 0 Å². The van der Waals surface area contributed by atoms with Gasteiger partial charge in [-0.2, -0.15) is 4.98 Å². The lowest BCUT2D eigenvalue weighted by Gasteiger charge is -2.16. The van der Waals surface area contributed by atoms with Crippen molar-refractivity contribution in [3.63, 3.8) is 0 Å². The number of nitrogens with zero attached hydrogens (tertiary/aromatic N) is 4. The molecule has 0 aliphatic rings. The van der Waals surface area contributed by atoms with Crippen LogP contribution in [0.15, 0.2) is 16.9 Å². The zero-order valence-electron chi connectivity index (χ0n) is 10.3. The molecular weight excluding hydrogens is 218 g/mol. The van der Waals surface area contributed by atoms with Gasteiger partial charge in [0.05, 0.1) is 0 Å². The maximum Gasteiger partial charge on any atom is 0.238 e. The van der Waals surface area contributed by atoms with Crippen molar-refractivity contribution in [3.05, 3.63) is 18.3 Å². The normalized spacial score (nSPS) is 12.0. The van der Waals surface area contributed by atoms with Crippen molar-refractivity contribution in [2.45, 2.75) is 32.2 Å². The third-order valence-electron chi connectivity index (χ3n) is 2.47. The van der Waals surface area contributed by atoms with Gasteiger partial charge in [-0.1, -0.05) is 5.16 Å². The quantitative estimate of drug-likeness (QED) is 0.859. The van der Waals surface area contributed by atoms with Crippen LogP contribution in [-0.4, -0.2) is 25.2 Å². The van der Waals surface area contributed by atoms with E-state index in [0.29, 0.717) is 24.0 Å². The van der Waals surface area contributed by atoms with Gasteiger partial charge in [0.15, 0.2) is 5.82 Å². The van der Waals surface area contributed by atoms with E-state index in [4.69, 9.17) is 10.3 Å². The molecule has 2 N–H and O–H groups in total. The van der Waals surface area contributed by atoms with Crippen LogP contribution in [0.3, 0.4) is 0 Å². The Bertz CT molecular complexity index is 494. The second-order valence-electron chi connectivity index (χ2n) is 4.86. The van der Waals surface area contributed by atoms with E-state index < -0.39 is 0 Å². The molecule has 2 heterocycles. The van der Waals surface area contributed by atoms with Crippen molar-refractivity contribution in [3.8, 4) is 11.6 Å². The summed E-state index contributed by atoms with van der Waals surface area (Å²) >= 11 is 0. The van der Waals surface area contributed by atoms with Crippen LogP contribution in [0.25, 0.3) is 11.6 Å². The fourth-order valence-electron chi connectivity index (χ4n) is 1.46. The molecule has 2 aromatic heterocycles. The fourth-order valence-corrected chi connectivity index (χ4v) is 1.46. The van der Waals surface area contributed by atoms with Gasteiger partial charge in [0, 0.05) is 31.4 Å². The number of rotatable bonds is 4. The third-order valence-corrected chi connectivity index (χ3v) is 2.47. The van der Waals surface area contributed by atoms with Crippen molar-refractivity contribution >= 4 is 0 Å². The molecule has 2 rings (SSSR count). The molecule has 0 amide bonds. The highest BCUT2D eigenvalue weighted by molar-refractivity contribution is 5.42. The second kappa shape index (κ2) is 4.29. The minimum atomic E-state index is -0.224. The maximum absolute atomic E-state index is 5.90. The van der Waals surface area contributed by atoms with E-state index in [1.165, 1.54) is 0 Å². The van der Waals surface area contributed by atoms with E-state index in [-0.39, 0.29) is 5.54 Å². The van der Waals surface area contributed by atoms with Crippen LogP contribution in [0.1, 0.15) is 26.2 Å². The first-order valence-electron chi connectivity index (χ1n) is 5.55. The third kappa shape index (κ3) is 2.91. The summed E-state index contributed by atoms with van der Waals surface area (Å²) in [5, 5.41) is 3.91. The topological polar surface area (TPSA) is 82.8 Å². The van der Waals surface area contributed by atoms with Crippen LogP contribution in [-0.2, 0) is 13.5 Å². The lowest BCUT2D eigenvalue weighted by Crippen LogP contribution is -2.32. The molecule has 0 bridgehead atoms. The van der Waals surface area contributed by atoms with Gasteiger partial charge in [-0.15, -0.1) is 0 Å². The number of hydrogen-bond donors (Lipinski definition) is 1. The van der Waals surface area contributed by atoms with Crippen LogP contribution >= 0.6 is 0 Å². The Morgan fingerprint density at radius 3 is 2.82 bits per heavy atom. The molecule has 2 aromatic rings. The van der Waals surface area contributed by atoms with E-state index in [9.17, 15) is 0 Å². The minimum Gasteiger partial charge on any atom is -0.339 e. The van der Waals surface area contributed by atoms with Gasteiger partial charge in [-0.3, -0.25) is 0 Å². The highest BCUT2D eigenvalue weighted by Crippen LogP contribution is 2.14. The van der Waals surface area contributed by atoms with Crippen molar-refractivity contribution in [2.24, 2.45) is 12.8 Å². The molecule has 0 aromatic carbocycles. The fraction of sp³-hybridized carbons (Fsp3) is 0.545. The second-order valence-corrected chi connectivity index (χ2v) is 4.86. The van der Waals surface area contributed by atoms with Crippen LogP contribution in [0.5, 0.6) is 0 Å². The van der Waals surface area contributed by atoms with Crippen molar-refractivity contribution in [1.29, 1.82) is 0 Å². The molecule has 0 saturated heterocycles.